The second-order valence-corrected chi connectivity index (χ2v) is 9.53. The van der Waals surface area contributed by atoms with Gasteiger partial charge >= 0.3 is 0 Å². The molecule has 1 N–H and O–H groups in total. The standard InChI is InChI=1S/C25H30FN5O2S/c1-3-8-22(19-9-5-4-6-10-19)27-23(32)18(2)34-25-29-28-24(30-13-15-33-16-14-30)31(25)21-12-7-11-20(26)17-21/h4-7,9-12,17-18,22H,3,8,13-16H2,1-2H3,(H,27,32). The summed E-state index contributed by atoms with van der Waals surface area (Å²) in [5.74, 6) is 0.206. The minimum atomic E-state index is -0.419. The van der Waals surface area contributed by atoms with E-state index in [0.717, 1.165) is 18.4 Å². The van der Waals surface area contributed by atoms with Crippen LogP contribution < -0.4 is 10.2 Å². The Balaban J connectivity index is 1.56. The van der Waals surface area contributed by atoms with Crippen LogP contribution >= 0.6 is 11.8 Å². The molecular formula is C25H30FN5O2S. The first-order valence-corrected chi connectivity index (χ1v) is 12.5. The van der Waals surface area contributed by atoms with Crippen LogP contribution in [0.15, 0.2) is 59.8 Å². The van der Waals surface area contributed by atoms with Gasteiger partial charge in [0.2, 0.25) is 11.9 Å². The summed E-state index contributed by atoms with van der Waals surface area (Å²) in [6, 6.07) is 16.3. The maximum atomic E-state index is 14.1. The summed E-state index contributed by atoms with van der Waals surface area (Å²) in [5.41, 5.74) is 1.71. The largest absolute Gasteiger partial charge is 0.378 e. The molecule has 2 heterocycles. The van der Waals surface area contributed by atoms with E-state index in [1.54, 1.807) is 6.07 Å². The molecule has 34 heavy (non-hydrogen) atoms. The lowest BCUT2D eigenvalue weighted by atomic mass is 10.0. The van der Waals surface area contributed by atoms with Crippen LogP contribution in [0.1, 0.15) is 38.3 Å². The number of hydrogen-bond donors (Lipinski definition) is 1. The number of ether oxygens (including phenoxy) is 1. The summed E-state index contributed by atoms with van der Waals surface area (Å²) in [6.45, 7) is 6.49. The lowest BCUT2D eigenvalue weighted by molar-refractivity contribution is -0.121. The molecule has 7 nitrogen and oxygen atoms in total. The maximum absolute atomic E-state index is 14.1. The van der Waals surface area contributed by atoms with Crippen LogP contribution in [0.5, 0.6) is 0 Å². The van der Waals surface area contributed by atoms with E-state index < -0.39 is 5.25 Å². The van der Waals surface area contributed by atoms with Crippen molar-refractivity contribution in [1.29, 1.82) is 0 Å². The molecule has 2 unspecified atom stereocenters. The molecular weight excluding hydrogens is 453 g/mol. The smallest absolute Gasteiger partial charge is 0.233 e. The number of carbonyl (C=O) groups is 1. The summed E-state index contributed by atoms with van der Waals surface area (Å²) >= 11 is 1.32. The molecule has 1 saturated heterocycles. The lowest BCUT2D eigenvalue weighted by Gasteiger charge is -2.28. The van der Waals surface area contributed by atoms with Gasteiger partial charge in [-0.1, -0.05) is 61.5 Å². The van der Waals surface area contributed by atoms with Crippen LogP contribution in [-0.4, -0.2) is 52.2 Å². The Morgan fingerprint density at radius 2 is 1.91 bits per heavy atom. The van der Waals surface area contributed by atoms with Crippen molar-refractivity contribution in [3.8, 4) is 5.69 Å². The summed E-state index contributed by atoms with van der Waals surface area (Å²) in [6.07, 6.45) is 1.81. The third-order valence-electron chi connectivity index (χ3n) is 5.72. The van der Waals surface area contributed by atoms with Crippen molar-refractivity contribution in [2.24, 2.45) is 0 Å². The van der Waals surface area contributed by atoms with E-state index in [-0.39, 0.29) is 17.8 Å². The predicted octanol–water partition coefficient (Wildman–Crippen LogP) is 4.38. The number of nitrogens with one attached hydrogen (secondary N) is 1. The molecule has 2 aromatic carbocycles. The van der Waals surface area contributed by atoms with Crippen LogP contribution in [0.4, 0.5) is 10.3 Å². The average Bonchev–Trinajstić information content (AvgIpc) is 3.28. The normalized spacial score (nSPS) is 15.7. The van der Waals surface area contributed by atoms with E-state index >= 15 is 0 Å². The Hall–Kier alpha value is -2.91. The van der Waals surface area contributed by atoms with E-state index in [1.807, 2.05) is 47.9 Å². The molecule has 1 aliphatic rings. The monoisotopic (exact) mass is 483 g/mol. The number of nitrogens with zero attached hydrogens (tertiary/aromatic N) is 4. The van der Waals surface area contributed by atoms with Gasteiger partial charge in [-0.3, -0.25) is 9.36 Å². The molecule has 180 valence electrons. The van der Waals surface area contributed by atoms with Crippen molar-refractivity contribution >= 4 is 23.6 Å². The molecule has 2 atom stereocenters. The van der Waals surface area contributed by atoms with E-state index in [9.17, 15) is 9.18 Å². The second kappa shape index (κ2) is 11.5. The molecule has 0 radical (unpaired) electrons. The molecule has 1 aliphatic heterocycles. The highest BCUT2D eigenvalue weighted by molar-refractivity contribution is 8.00. The number of thioether (sulfide) groups is 1. The second-order valence-electron chi connectivity index (χ2n) is 8.22. The molecule has 0 bridgehead atoms. The molecule has 3 aromatic rings. The molecule has 1 aromatic heterocycles. The van der Waals surface area contributed by atoms with Gasteiger partial charge in [-0.15, -0.1) is 10.2 Å². The number of halogens is 1. The first kappa shape index (κ1) is 24.2. The number of morpholine rings is 1. The van der Waals surface area contributed by atoms with Gasteiger partial charge in [0, 0.05) is 13.1 Å². The van der Waals surface area contributed by atoms with Crippen LogP contribution in [0.25, 0.3) is 5.69 Å². The summed E-state index contributed by atoms with van der Waals surface area (Å²) in [4.78, 5) is 15.2. The maximum Gasteiger partial charge on any atom is 0.233 e. The molecule has 0 saturated carbocycles. The average molecular weight is 484 g/mol. The summed E-state index contributed by atoms with van der Waals surface area (Å²) in [5, 5.41) is 12.1. The van der Waals surface area contributed by atoms with E-state index in [0.29, 0.717) is 43.1 Å². The molecule has 0 spiro atoms. The van der Waals surface area contributed by atoms with Gasteiger partial charge in [0.15, 0.2) is 5.16 Å². The highest BCUT2D eigenvalue weighted by Gasteiger charge is 2.26. The van der Waals surface area contributed by atoms with Gasteiger partial charge < -0.3 is 15.0 Å². The molecule has 1 fully saturated rings. The lowest BCUT2D eigenvalue weighted by Crippen LogP contribution is -2.38. The quantitative estimate of drug-likeness (QED) is 0.456. The minimum absolute atomic E-state index is 0.0493. The molecule has 1 amide bonds. The molecule has 4 rings (SSSR count). The van der Waals surface area contributed by atoms with Gasteiger partial charge in [-0.25, -0.2) is 4.39 Å². The fourth-order valence-corrected chi connectivity index (χ4v) is 4.82. The van der Waals surface area contributed by atoms with E-state index in [4.69, 9.17) is 4.74 Å². The number of hydrogen-bond acceptors (Lipinski definition) is 6. The SMILES string of the molecule is CCCC(NC(=O)C(C)Sc1nnc(N2CCOCC2)n1-c1cccc(F)c1)c1ccccc1. The highest BCUT2D eigenvalue weighted by Crippen LogP contribution is 2.30. The van der Waals surface area contributed by atoms with Gasteiger partial charge in [0.25, 0.3) is 0 Å². The predicted molar refractivity (Wildman–Crippen MR) is 132 cm³/mol. The zero-order valence-corrected chi connectivity index (χ0v) is 20.3. The van der Waals surface area contributed by atoms with Gasteiger partial charge in [-0.2, -0.15) is 0 Å². The Bertz CT molecular complexity index is 1090. The van der Waals surface area contributed by atoms with Gasteiger partial charge in [0.05, 0.1) is 30.2 Å². The zero-order chi connectivity index (χ0) is 23.9. The zero-order valence-electron chi connectivity index (χ0n) is 19.5. The first-order chi connectivity index (χ1) is 16.6. The fourth-order valence-electron chi connectivity index (χ4n) is 3.94. The van der Waals surface area contributed by atoms with Gasteiger partial charge in [0.1, 0.15) is 5.82 Å². The highest BCUT2D eigenvalue weighted by atomic mass is 32.2. The van der Waals surface area contributed by atoms with Gasteiger partial charge in [-0.05, 0) is 37.1 Å². The van der Waals surface area contributed by atoms with E-state index in [2.05, 4.69) is 27.3 Å². The Morgan fingerprint density at radius 1 is 1.15 bits per heavy atom. The third kappa shape index (κ3) is 5.77. The topological polar surface area (TPSA) is 72.3 Å². The fraction of sp³-hybridized carbons (Fsp3) is 0.400. The van der Waals surface area contributed by atoms with Crippen molar-refractivity contribution in [3.63, 3.8) is 0 Å². The summed E-state index contributed by atoms with van der Waals surface area (Å²) in [7, 11) is 0. The van der Waals surface area contributed by atoms with Crippen molar-refractivity contribution in [1.82, 2.24) is 20.1 Å². The van der Waals surface area contributed by atoms with Crippen LogP contribution in [0, 0.1) is 5.82 Å². The van der Waals surface area contributed by atoms with Crippen molar-refractivity contribution < 1.29 is 13.9 Å². The van der Waals surface area contributed by atoms with Crippen molar-refractivity contribution in [2.45, 2.75) is 43.1 Å². The minimum Gasteiger partial charge on any atom is -0.378 e. The number of rotatable bonds is 9. The Morgan fingerprint density at radius 3 is 2.62 bits per heavy atom. The number of amides is 1. The summed E-state index contributed by atoms with van der Waals surface area (Å²) < 4.78 is 21.4. The number of benzene rings is 2. The molecule has 0 aliphatic carbocycles. The van der Waals surface area contributed by atoms with Crippen LogP contribution in [0.2, 0.25) is 0 Å². The Labute approximate surface area is 203 Å². The Kier molecular flexibility index (Phi) is 8.18. The van der Waals surface area contributed by atoms with Crippen molar-refractivity contribution in [3.05, 3.63) is 66.0 Å². The van der Waals surface area contributed by atoms with Crippen LogP contribution in [0.3, 0.4) is 0 Å². The van der Waals surface area contributed by atoms with Crippen LogP contribution in [-0.2, 0) is 9.53 Å². The first-order valence-electron chi connectivity index (χ1n) is 11.6. The molecule has 9 heteroatoms. The third-order valence-corrected chi connectivity index (χ3v) is 6.77. The number of aromatic nitrogens is 3. The van der Waals surface area contributed by atoms with E-state index in [1.165, 1.54) is 23.9 Å². The number of carbonyl (C=O) groups excluding carboxylic acids is 1. The van der Waals surface area contributed by atoms with Crippen molar-refractivity contribution in [2.75, 3.05) is 31.2 Å². The number of anilines is 1.